The molecule has 0 saturated carbocycles. The Morgan fingerprint density at radius 1 is 0.914 bits per heavy atom. The number of carbonyl (C=O) groups excluding carboxylic acids is 3. The zero-order valence-corrected chi connectivity index (χ0v) is 21.2. The van der Waals surface area contributed by atoms with E-state index < -0.39 is 0 Å². The van der Waals surface area contributed by atoms with Gasteiger partial charge in [0.15, 0.2) is 0 Å². The predicted molar refractivity (Wildman–Crippen MR) is 141 cm³/mol. The molecule has 1 aliphatic heterocycles. The number of benzene rings is 2. The van der Waals surface area contributed by atoms with Crippen molar-refractivity contribution < 1.29 is 14.4 Å². The van der Waals surface area contributed by atoms with Crippen LogP contribution in [0.15, 0.2) is 48.5 Å². The molecule has 7 nitrogen and oxygen atoms in total. The van der Waals surface area contributed by atoms with Gasteiger partial charge in [0.2, 0.25) is 5.91 Å². The normalized spacial score (nSPS) is 13.9. The number of nitrogens with zero attached hydrogens (tertiary/aromatic N) is 2. The third-order valence-corrected chi connectivity index (χ3v) is 6.32. The van der Waals surface area contributed by atoms with Gasteiger partial charge in [-0.25, -0.2) is 0 Å². The largest absolute Gasteiger partial charge is 0.376 e. The van der Waals surface area contributed by atoms with Crippen molar-refractivity contribution >= 4 is 29.1 Å². The molecule has 1 heterocycles. The van der Waals surface area contributed by atoms with E-state index in [1.165, 1.54) is 0 Å². The maximum absolute atomic E-state index is 12.8. The first-order valence-corrected chi connectivity index (χ1v) is 12.7. The molecule has 2 aromatic carbocycles. The summed E-state index contributed by atoms with van der Waals surface area (Å²) < 4.78 is 0. The smallest absolute Gasteiger partial charge is 0.253 e. The van der Waals surface area contributed by atoms with E-state index in [1.54, 1.807) is 36.4 Å². The molecule has 3 rings (SSSR count). The highest BCUT2D eigenvalue weighted by Crippen LogP contribution is 2.19. The number of nitrogens with one attached hydrogen (secondary N) is 2. The fourth-order valence-electron chi connectivity index (χ4n) is 4.28. The van der Waals surface area contributed by atoms with E-state index in [2.05, 4.69) is 31.4 Å². The van der Waals surface area contributed by atoms with Gasteiger partial charge in [0.25, 0.3) is 11.8 Å². The van der Waals surface area contributed by atoms with Crippen molar-refractivity contribution in [1.82, 2.24) is 9.80 Å². The average Bonchev–Trinajstić information content (AvgIpc) is 2.87. The molecule has 1 aliphatic rings. The number of anilines is 2. The van der Waals surface area contributed by atoms with Crippen molar-refractivity contribution in [2.75, 3.05) is 43.4 Å². The highest BCUT2D eigenvalue weighted by Gasteiger charge is 2.21. The second kappa shape index (κ2) is 12.9. The third-order valence-electron chi connectivity index (χ3n) is 6.32. The van der Waals surface area contributed by atoms with Gasteiger partial charge in [0.05, 0.1) is 6.54 Å². The molecule has 1 saturated heterocycles. The fourth-order valence-corrected chi connectivity index (χ4v) is 4.28. The average molecular weight is 479 g/mol. The van der Waals surface area contributed by atoms with Crippen molar-refractivity contribution in [3.63, 3.8) is 0 Å². The van der Waals surface area contributed by atoms with E-state index in [9.17, 15) is 14.4 Å². The van der Waals surface area contributed by atoms with Crippen LogP contribution in [0.4, 0.5) is 11.4 Å². The van der Waals surface area contributed by atoms with Gasteiger partial charge in [0, 0.05) is 48.7 Å². The first-order chi connectivity index (χ1) is 16.9. The quantitative estimate of drug-likeness (QED) is 0.510. The predicted octanol–water partition coefficient (Wildman–Crippen LogP) is 4.87. The van der Waals surface area contributed by atoms with Crippen molar-refractivity contribution in [2.24, 2.45) is 5.92 Å². The van der Waals surface area contributed by atoms with Crippen LogP contribution in [0, 0.1) is 5.92 Å². The third kappa shape index (κ3) is 7.57. The number of hydrogen-bond acceptors (Lipinski definition) is 4. The van der Waals surface area contributed by atoms with Crippen LogP contribution in [0.25, 0.3) is 0 Å². The molecule has 1 fully saturated rings. The summed E-state index contributed by atoms with van der Waals surface area (Å²) in [7, 11) is 0. The molecular formula is C28H38N4O3. The van der Waals surface area contributed by atoms with Crippen LogP contribution >= 0.6 is 0 Å². The zero-order valence-electron chi connectivity index (χ0n) is 21.2. The van der Waals surface area contributed by atoms with Crippen LogP contribution in [0.1, 0.15) is 67.2 Å². The standard InChI is InChI=1S/C28H38N4O3/c1-4-15-31(16-5-2)28(35)23-7-6-8-25(19-23)29-20-26(33)30-24-11-9-22(10-12-24)27(34)32-17-13-21(3)14-18-32/h6-12,19,21,29H,4-5,13-18,20H2,1-3H3,(H,30,33). The first kappa shape index (κ1) is 26.3. The molecule has 2 N–H and O–H groups in total. The lowest BCUT2D eigenvalue weighted by atomic mass is 9.98. The number of hydrogen-bond donors (Lipinski definition) is 2. The molecule has 0 spiro atoms. The highest BCUT2D eigenvalue weighted by molar-refractivity contribution is 5.97. The summed E-state index contributed by atoms with van der Waals surface area (Å²) in [5, 5.41) is 5.95. The lowest BCUT2D eigenvalue weighted by Gasteiger charge is -2.30. The van der Waals surface area contributed by atoms with Crippen LogP contribution < -0.4 is 10.6 Å². The summed E-state index contributed by atoms with van der Waals surface area (Å²) >= 11 is 0. The summed E-state index contributed by atoms with van der Waals surface area (Å²) in [5.41, 5.74) is 2.60. The maximum atomic E-state index is 12.8. The van der Waals surface area contributed by atoms with Crippen molar-refractivity contribution in [1.29, 1.82) is 0 Å². The van der Waals surface area contributed by atoms with E-state index in [0.29, 0.717) is 22.7 Å². The van der Waals surface area contributed by atoms with Crippen LogP contribution in [0.2, 0.25) is 0 Å². The Morgan fingerprint density at radius 2 is 1.57 bits per heavy atom. The molecule has 3 amide bonds. The number of carbonyl (C=O) groups is 3. The van der Waals surface area contributed by atoms with Crippen LogP contribution in [-0.2, 0) is 4.79 Å². The summed E-state index contributed by atoms with van der Waals surface area (Å²) in [6.45, 7) is 9.47. The fraction of sp³-hybridized carbons (Fsp3) is 0.464. The van der Waals surface area contributed by atoms with Gasteiger partial charge >= 0.3 is 0 Å². The minimum atomic E-state index is -0.204. The molecule has 0 unspecified atom stereocenters. The topological polar surface area (TPSA) is 81.8 Å². The molecule has 7 heteroatoms. The summed E-state index contributed by atoms with van der Waals surface area (Å²) in [6.07, 6.45) is 3.91. The Balaban J connectivity index is 1.51. The number of likely N-dealkylation sites (tertiary alicyclic amines) is 1. The molecule has 0 atom stereocenters. The molecule has 0 bridgehead atoms. The second-order valence-electron chi connectivity index (χ2n) is 9.33. The number of piperidine rings is 1. The van der Waals surface area contributed by atoms with E-state index in [1.807, 2.05) is 21.9 Å². The summed E-state index contributed by atoms with van der Waals surface area (Å²) in [6, 6.07) is 14.3. The second-order valence-corrected chi connectivity index (χ2v) is 9.33. The summed E-state index contributed by atoms with van der Waals surface area (Å²) in [4.78, 5) is 41.8. The Morgan fingerprint density at radius 3 is 2.20 bits per heavy atom. The minimum Gasteiger partial charge on any atom is -0.376 e. The van der Waals surface area contributed by atoms with Gasteiger partial charge in [-0.2, -0.15) is 0 Å². The first-order valence-electron chi connectivity index (χ1n) is 12.7. The van der Waals surface area contributed by atoms with E-state index in [0.717, 1.165) is 57.5 Å². The zero-order chi connectivity index (χ0) is 25.2. The van der Waals surface area contributed by atoms with E-state index >= 15 is 0 Å². The molecule has 0 aliphatic carbocycles. The minimum absolute atomic E-state index is 0.00973. The number of amides is 3. The van der Waals surface area contributed by atoms with Crippen LogP contribution in [0.3, 0.4) is 0 Å². The van der Waals surface area contributed by atoms with Gasteiger partial charge in [-0.1, -0.05) is 26.8 Å². The van der Waals surface area contributed by atoms with Gasteiger partial charge in [0.1, 0.15) is 0 Å². The molecule has 2 aromatic rings. The molecule has 35 heavy (non-hydrogen) atoms. The Labute approximate surface area is 208 Å². The summed E-state index contributed by atoms with van der Waals surface area (Å²) in [5.74, 6) is 0.521. The van der Waals surface area contributed by atoms with Gasteiger partial charge in [-0.15, -0.1) is 0 Å². The molecule has 188 valence electrons. The van der Waals surface area contributed by atoms with Crippen molar-refractivity contribution in [2.45, 2.75) is 46.5 Å². The van der Waals surface area contributed by atoms with Crippen LogP contribution in [0.5, 0.6) is 0 Å². The van der Waals surface area contributed by atoms with Gasteiger partial charge < -0.3 is 20.4 Å². The Bertz CT molecular complexity index is 992. The Hall–Kier alpha value is -3.35. The van der Waals surface area contributed by atoms with Crippen molar-refractivity contribution in [3.05, 3.63) is 59.7 Å². The van der Waals surface area contributed by atoms with Crippen molar-refractivity contribution in [3.8, 4) is 0 Å². The lowest BCUT2D eigenvalue weighted by molar-refractivity contribution is -0.114. The monoisotopic (exact) mass is 478 g/mol. The molecule has 0 aromatic heterocycles. The molecule has 0 radical (unpaired) electrons. The highest BCUT2D eigenvalue weighted by atomic mass is 16.2. The molecular weight excluding hydrogens is 440 g/mol. The van der Waals surface area contributed by atoms with Gasteiger partial charge in [-0.3, -0.25) is 14.4 Å². The SMILES string of the molecule is CCCN(CCC)C(=O)c1cccc(NCC(=O)Nc2ccc(C(=O)N3CCC(C)CC3)cc2)c1. The van der Waals surface area contributed by atoms with E-state index in [4.69, 9.17) is 0 Å². The number of rotatable bonds is 10. The van der Waals surface area contributed by atoms with Gasteiger partial charge in [-0.05, 0) is 74.1 Å². The maximum Gasteiger partial charge on any atom is 0.253 e. The van der Waals surface area contributed by atoms with E-state index in [-0.39, 0.29) is 24.3 Å². The lowest BCUT2D eigenvalue weighted by Crippen LogP contribution is -2.37. The Kier molecular flexibility index (Phi) is 9.70. The van der Waals surface area contributed by atoms with Crippen LogP contribution in [-0.4, -0.2) is 60.2 Å².